The van der Waals surface area contributed by atoms with Gasteiger partial charge in [0.15, 0.2) is 0 Å². The highest BCUT2D eigenvalue weighted by atomic mass is 16.5. The van der Waals surface area contributed by atoms with Gasteiger partial charge in [0.2, 0.25) is 0 Å². The molecule has 1 saturated carbocycles. The molecule has 0 saturated heterocycles. The van der Waals surface area contributed by atoms with Gasteiger partial charge in [0.05, 0.1) is 24.8 Å². The summed E-state index contributed by atoms with van der Waals surface area (Å²) in [4.78, 5) is 26.5. The SMILES string of the molecule is COc1ccc(OCC2CCC(CN3C(=O)c4ccccc4C3=O)CC2)cc1. The predicted octanol–water partition coefficient (Wildman–Crippen LogP) is 4.18. The van der Waals surface area contributed by atoms with Crippen molar-refractivity contribution in [1.82, 2.24) is 4.90 Å². The minimum atomic E-state index is -0.148. The predicted molar refractivity (Wildman–Crippen MR) is 106 cm³/mol. The number of fused-ring (bicyclic) bond motifs is 1. The van der Waals surface area contributed by atoms with E-state index in [1.807, 2.05) is 36.4 Å². The molecule has 146 valence electrons. The first-order valence-electron chi connectivity index (χ1n) is 9.88. The molecule has 28 heavy (non-hydrogen) atoms. The van der Waals surface area contributed by atoms with Gasteiger partial charge in [-0.05, 0) is 73.9 Å². The Morgan fingerprint density at radius 3 is 1.93 bits per heavy atom. The largest absolute Gasteiger partial charge is 0.497 e. The van der Waals surface area contributed by atoms with E-state index < -0.39 is 0 Å². The third-order valence-electron chi connectivity index (χ3n) is 5.83. The van der Waals surface area contributed by atoms with Crippen molar-refractivity contribution in [2.45, 2.75) is 25.7 Å². The van der Waals surface area contributed by atoms with Crippen molar-refractivity contribution in [3.8, 4) is 11.5 Å². The summed E-state index contributed by atoms with van der Waals surface area (Å²) in [5.74, 6) is 2.27. The lowest BCUT2D eigenvalue weighted by atomic mass is 9.82. The first-order chi connectivity index (χ1) is 13.7. The smallest absolute Gasteiger partial charge is 0.261 e. The standard InChI is InChI=1S/C23H25NO4/c1-27-18-10-12-19(13-11-18)28-15-17-8-6-16(7-9-17)14-24-22(25)20-4-2-3-5-21(20)23(24)26/h2-5,10-13,16-17H,6-9,14-15H2,1H3. The van der Waals surface area contributed by atoms with Gasteiger partial charge in [0.1, 0.15) is 11.5 Å². The summed E-state index contributed by atoms with van der Waals surface area (Å²) in [6, 6.07) is 14.7. The highest BCUT2D eigenvalue weighted by Gasteiger charge is 2.37. The van der Waals surface area contributed by atoms with Gasteiger partial charge in [0.25, 0.3) is 11.8 Å². The van der Waals surface area contributed by atoms with Crippen LogP contribution in [0, 0.1) is 11.8 Å². The molecule has 2 amide bonds. The number of hydrogen-bond donors (Lipinski definition) is 0. The lowest BCUT2D eigenvalue weighted by molar-refractivity contribution is 0.0604. The number of carbonyl (C=O) groups excluding carboxylic acids is 2. The average Bonchev–Trinajstić information content (AvgIpc) is 2.99. The van der Waals surface area contributed by atoms with Crippen LogP contribution < -0.4 is 9.47 Å². The first kappa shape index (κ1) is 18.5. The van der Waals surface area contributed by atoms with Gasteiger partial charge in [-0.1, -0.05) is 12.1 Å². The molecular formula is C23H25NO4. The van der Waals surface area contributed by atoms with E-state index in [-0.39, 0.29) is 11.8 Å². The molecule has 0 N–H and O–H groups in total. The van der Waals surface area contributed by atoms with Gasteiger partial charge in [-0.2, -0.15) is 0 Å². The Hall–Kier alpha value is -2.82. The summed E-state index contributed by atoms with van der Waals surface area (Å²) in [6.45, 7) is 1.23. The van der Waals surface area contributed by atoms with E-state index in [1.54, 1.807) is 19.2 Å². The van der Waals surface area contributed by atoms with Gasteiger partial charge in [-0.25, -0.2) is 0 Å². The van der Waals surface area contributed by atoms with Crippen molar-refractivity contribution < 1.29 is 19.1 Å². The Kier molecular flexibility index (Phi) is 5.33. The molecule has 2 aromatic rings. The molecule has 4 rings (SSSR count). The van der Waals surface area contributed by atoms with Crippen LogP contribution in [0.1, 0.15) is 46.4 Å². The molecule has 5 heteroatoms. The highest BCUT2D eigenvalue weighted by molar-refractivity contribution is 6.21. The summed E-state index contributed by atoms with van der Waals surface area (Å²) in [6.07, 6.45) is 4.15. The van der Waals surface area contributed by atoms with Crippen LogP contribution in [0.4, 0.5) is 0 Å². The lowest BCUT2D eigenvalue weighted by Gasteiger charge is -2.30. The van der Waals surface area contributed by atoms with Crippen LogP contribution in [0.15, 0.2) is 48.5 Å². The van der Waals surface area contributed by atoms with Gasteiger partial charge in [-0.15, -0.1) is 0 Å². The zero-order chi connectivity index (χ0) is 19.5. The molecule has 1 aliphatic heterocycles. The second-order valence-corrected chi connectivity index (χ2v) is 7.64. The van der Waals surface area contributed by atoms with Crippen LogP contribution in [0.5, 0.6) is 11.5 Å². The Bertz CT molecular complexity index is 818. The van der Waals surface area contributed by atoms with E-state index in [1.165, 1.54) is 4.90 Å². The van der Waals surface area contributed by atoms with Crippen LogP contribution in [0.25, 0.3) is 0 Å². The maximum absolute atomic E-state index is 12.5. The Labute approximate surface area is 165 Å². The number of benzene rings is 2. The van der Waals surface area contributed by atoms with Crippen molar-refractivity contribution in [3.05, 3.63) is 59.7 Å². The highest BCUT2D eigenvalue weighted by Crippen LogP contribution is 2.32. The molecule has 2 aliphatic rings. The van der Waals surface area contributed by atoms with Crippen molar-refractivity contribution in [3.63, 3.8) is 0 Å². The van der Waals surface area contributed by atoms with Gasteiger partial charge in [0, 0.05) is 6.54 Å². The zero-order valence-electron chi connectivity index (χ0n) is 16.1. The van der Waals surface area contributed by atoms with Crippen molar-refractivity contribution in [2.75, 3.05) is 20.3 Å². The molecule has 0 aromatic heterocycles. The van der Waals surface area contributed by atoms with E-state index in [9.17, 15) is 9.59 Å². The molecule has 1 aliphatic carbocycles. The Morgan fingerprint density at radius 2 is 1.36 bits per heavy atom. The first-order valence-corrected chi connectivity index (χ1v) is 9.88. The second-order valence-electron chi connectivity index (χ2n) is 7.64. The number of imide groups is 1. The molecular weight excluding hydrogens is 354 g/mol. The minimum Gasteiger partial charge on any atom is -0.497 e. The summed E-state index contributed by atoms with van der Waals surface area (Å²) >= 11 is 0. The number of rotatable bonds is 6. The fraction of sp³-hybridized carbons (Fsp3) is 0.391. The van der Waals surface area contributed by atoms with Crippen molar-refractivity contribution >= 4 is 11.8 Å². The van der Waals surface area contributed by atoms with Gasteiger partial charge in [-0.3, -0.25) is 14.5 Å². The Morgan fingerprint density at radius 1 is 0.821 bits per heavy atom. The van der Waals surface area contributed by atoms with Crippen LogP contribution in [-0.4, -0.2) is 37.0 Å². The number of ether oxygens (including phenoxy) is 2. The molecule has 1 heterocycles. The second kappa shape index (κ2) is 8.05. The number of hydrogen-bond acceptors (Lipinski definition) is 4. The molecule has 0 spiro atoms. The van der Waals surface area contributed by atoms with Crippen LogP contribution in [0.3, 0.4) is 0 Å². The molecule has 0 unspecified atom stereocenters. The maximum Gasteiger partial charge on any atom is 0.261 e. The third kappa shape index (κ3) is 3.75. The van der Waals surface area contributed by atoms with E-state index in [4.69, 9.17) is 9.47 Å². The number of methoxy groups -OCH3 is 1. The maximum atomic E-state index is 12.5. The van der Waals surface area contributed by atoms with Crippen LogP contribution in [0.2, 0.25) is 0 Å². The molecule has 0 bridgehead atoms. The number of nitrogens with zero attached hydrogens (tertiary/aromatic N) is 1. The monoisotopic (exact) mass is 379 g/mol. The number of amides is 2. The number of carbonyl (C=O) groups is 2. The van der Waals surface area contributed by atoms with Gasteiger partial charge >= 0.3 is 0 Å². The fourth-order valence-corrected chi connectivity index (χ4v) is 4.13. The normalized spacial score (nSPS) is 21.5. The average molecular weight is 379 g/mol. The third-order valence-corrected chi connectivity index (χ3v) is 5.83. The molecule has 2 aromatic carbocycles. The van der Waals surface area contributed by atoms with Crippen molar-refractivity contribution in [2.24, 2.45) is 11.8 Å². The summed E-state index contributed by atoms with van der Waals surface area (Å²) in [5, 5.41) is 0. The topological polar surface area (TPSA) is 55.8 Å². The Balaban J connectivity index is 1.25. The lowest BCUT2D eigenvalue weighted by Crippen LogP contribution is -2.36. The molecule has 0 radical (unpaired) electrons. The van der Waals surface area contributed by atoms with Crippen LogP contribution >= 0.6 is 0 Å². The quantitative estimate of drug-likeness (QED) is 0.707. The van der Waals surface area contributed by atoms with Crippen LogP contribution in [-0.2, 0) is 0 Å². The van der Waals surface area contributed by atoms with Crippen molar-refractivity contribution in [1.29, 1.82) is 0 Å². The molecule has 5 nitrogen and oxygen atoms in total. The zero-order valence-corrected chi connectivity index (χ0v) is 16.1. The van der Waals surface area contributed by atoms with E-state index in [0.717, 1.165) is 37.2 Å². The van der Waals surface area contributed by atoms with E-state index in [2.05, 4.69) is 0 Å². The fourth-order valence-electron chi connectivity index (χ4n) is 4.13. The summed E-state index contributed by atoms with van der Waals surface area (Å²) in [7, 11) is 1.65. The summed E-state index contributed by atoms with van der Waals surface area (Å²) < 4.78 is 11.1. The van der Waals surface area contributed by atoms with E-state index in [0.29, 0.717) is 36.1 Å². The molecule has 0 atom stereocenters. The summed E-state index contributed by atoms with van der Waals surface area (Å²) in [5.41, 5.74) is 1.07. The molecule has 1 fully saturated rings. The van der Waals surface area contributed by atoms with E-state index >= 15 is 0 Å². The van der Waals surface area contributed by atoms with Gasteiger partial charge < -0.3 is 9.47 Å². The minimum absolute atomic E-state index is 0.148.